The maximum absolute atomic E-state index is 6.22. The Labute approximate surface area is 113 Å². The number of aromatic nitrogens is 1. The van der Waals surface area contributed by atoms with Crippen molar-refractivity contribution in [2.75, 3.05) is 0 Å². The maximum Gasteiger partial charge on any atom is 0.0441 e. The lowest BCUT2D eigenvalue weighted by atomic mass is 9.99. The van der Waals surface area contributed by atoms with Crippen LogP contribution < -0.4 is 5.73 Å². The Morgan fingerprint density at radius 3 is 2.61 bits per heavy atom. The van der Waals surface area contributed by atoms with Gasteiger partial charge in [-0.05, 0) is 48.6 Å². The number of hydrogen-bond donors (Lipinski definition) is 1. The number of nitrogens with zero attached hydrogens (tertiary/aromatic N) is 1. The van der Waals surface area contributed by atoms with E-state index in [0.29, 0.717) is 0 Å². The lowest BCUT2D eigenvalue weighted by molar-refractivity contribution is 0.717. The summed E-state index contributed by atoms with van der Waals surface area (Å²) in [4.78, 5) is 4.17. The molecule has 2 aromatic rings. The van der Waals surface area contributed by atoms with Crippen LogP contribution in [0.25, 0.3) is 0 Å². The van der Waals surface area contributed by atoms with E-state index in [9.17, 15) is 0 Å². The summed E-state index contributed by atoms with van der Waals surface area (Å²) in [5.74, 6) is 0. The quantitative estimate of drug-likeness (QED) is 0.916. The van der Waals surface area contributed by atoms with E-state index in [1.807, 2.05) is 38.4 Å². The fourth-order valence-corrected chi connectivity index (χ4v) is 2.27. The molecule has 18 heavy (non-hydrogen) atoms. The van der Waals surface area contributed by atoms with Crippen LogP contribution in [0, 0.1) is 13.8 Å². The van der Waals surface area contributed by atoms with Crippen molar-refractivity contribution < 1.29 is 0 Å². The van der Waals surface area contributed by atoms with Crippen molar-refractivity contribution in [3.05, 3.63) is 63.9 Å². The first kappa shape index (κ1) is 13.1. The van der Waals surface area contributed by atoms with Crippen molar-refractivity contribution in [2.24, 2.45) is 5.73 Å². The van der Waals surface area contributed by atoms with Crippen LogP contribution >= 0.6 is 11.6 Å². The molecule has 1 aromatic heterocycles. The lowest BCUT2D eigenvalue weighted by Crippen LogP contribution is -2.14. The standard InChI is InChI=1S/C15H17ClN2/c1-10-3-4-12(14(16)6-10)7-15(17)13-5-11(2)8-18-9-13/h3-6,8-9,15H,7,17H2,1-2H3. The van der Waals surface area contributed by atoms with Gasteiger partial charge in [0.1, 0.15) is 0 Å². The van der Waals surface area contributed by atoms with E-state index in [2.05, 4.69) is 17.1 Å². The Morgan fingerprint density at radius 1 is 1.17 bits per heavy atom. The van der Waals surface area contributed by atoms with E-state index in [4.69, 9.17) is 17.3 Å². The molecule has 0 fully saturated rings. The van der Waals surface area contributed by atoms with Crippen molar-refractivity contribution >= 4 is 11.6 Å². The minimum Gasteiger partial charge on any atom is -0.324 e. The first-order valence-corrected chi connectivity index (χ1v) is 6.36. The van der Waals surface area contributed by atoms with E-state index in [1.54, 1.807) is 0 Å². The summed E-state index contributed by atoms with van der Waals surface area (Å²) in [7, 11) is 0. The maximum atomic E-state index is 6.22. The molecule has 2 rings (SSSR count). The summed E-state index contributed by atoms with van der Waals surface area (Å²) < 4.78 is 0. The summed E-state index contributed by atoms with van der Waals surface area (Å²) >= 11 is 6.22. The van der Waals surface area contributed by atoms with Crippen LogP contribution in [0.3, 0.4) is 0 Å². The SMILES string of the molecule is Cc1cncc(C(N)Cc2ccc(C)cc2Cl)c1. The molecule has 2 nitrogen and oxygen atoms in total. The minimum atomic E-state index is -0.0717. The Hall–Kier alpha value is -1.38. The van der Waals surface area contributed by atoms with E-state index in [0.717, 1.165) is 33.7 Å². The van der Waals surface area contributed by atoms with Crippen LogP contribution in [-0.4, -0.2) is 4.98 Å². The van der Waals surface area contributed by atoms with Gasteiger partial charge in [0.15, 0.2) is 0 Å². The third-order valence-corrected chi connectivity index (χ3v) is 3.32. The van der Waals surface area contributed by atoms with Crippen molar-refractivity contribution in [3.63, 3.8) is 0 Å². The van der Waals surface area contributed by atoms with Crippen molar-refractivity contribution in [2.45, 2.75) is 26.3 Å². The smallest absolute Gasteiger partial charge is 0.0441 e. The number of benzene rings is 1. The van der Waals surface area contributed by atoms with Gasteiger partial charge in [-0.15, -0.1) is 0 Å². The molecule has 0 amide bonds. The second-order valence-corrected chi connectivity index (χ2v) is 5.11. The van der Waals surface area contributed by atoms with E-state index >= 15 is 0 Å². The molecule has 0 saturated heterocycles. The van der Waals surface area contributed by atoms with E-state index < -0.39 is 0 Å². The summed E-state index contributed by atoms with van der Waals surface area (Å²) in [6.07, 6.45) is 4.37. The number of pyridine rings is 1. The summed E-state index contributed by atoms with van der Waals surface area (Å²) in [5, 5.41) is 0.783. The number of rotatable bonds is 3. The van der Waals surface area contributed by atoms with Crippen molar-refractivity contribution in [1.82, 2.24) is 4.98 Å². The monoisotopic (exact) mass is 260 g/mol. The van der Waals surface area contributed by atoms with Gasteiger partial charge in [-0.2, -0.15) is 0 Å². The van der Waals surface area contributed by atoms with Crippen LogP contribution in [0.5, 0.6) is 0 Å². The molecule has 0 bridgehead atoms. The van der Waals surface area contributed by atoms with Crippen molar-refractivity contribution in [3.8, 4) is 0 Å². The fraction of sp³-hybridized carbons (Fsp3) is 0.267. The zero-order valence-corrected chi connectivity index (χ0v) is 11.4. The van der Waals surface area contributed by atoms with Gasteiger partial charge in [0.25, 0.3) is 0 Å². The Kier molecular flexibility index (Phi) is 4.00. The highest BCUT2D eigenvalue weighted by molar-refractivity contribution is 6.31. The van der Waals surface area contributed by atoms with Crippen LogP contribution in [0.2, 0.25) is 5.02 Å². The van der Waals surface area contributed by atoms with Crippen LogP contribution in [0.4, 0.5) is 0 Å². The number of nitrogens with two attached hydrogens (primary N) is 1. The van der Waals surface area contributed by atoms with E-state index in [-0.39, 0.29) is 6.04 Å². The Bertz CT molecular complexity index is 552. The second kappa shape index (κ2) is 5.51. The predicted molar refractivity (Wildman–Crippen MR) is 75.8 cm³/mol. The molecule has 2 N–H and O–H groups in total. The molecule has 0 saturated carbocycles. The molecule has 0 aliphatic carbocycles. The van der Waals surface area contributed by atoms with Gasteiger partial charge in [0, 0.05) is 23.5 Å². The van der Waals surface area contributed by atoms with Crippen LogP contribution in [0.15, 0.2) is 36.7 Å². The van der Waals surface area contributed by atoms with Crippen molar-refractivity contribution in [1.29, 1.82) is 0 Å². The average molecular weight is 261 g/mol. The molecule has 94 valence electrons. The number of halogens is 1. The van der Waals surface area contributed by atoms with Gasteiger partial charge < -0.3 is 5.73 Å². The first-order valence-electron chi connectivity index (χ1n) is 5.98. The molecular weight excluding hydrogens is 244 g/mol. The Balaban J connectivity index is 2.18. The normalized spacial score (nSPS) is 12.4. The molecule has 0 spiro atoms. The molecule has 0 aliphatic rings. The highest BCUT2D eigenvalue weighted by Gasteiger charge is 2.10. The van der Waals surface area contributed by atoms with Gasteiger partial charge >= 0.3 is 0 Å². The third kappa shape index (κ3) is 3.09. The Morgan fingerprint density at radius 2 is 1.94 bits per heavy atom. The minimum absolute atomic E-state index is 0.0717. The molecule has 0 aliphatic heterocycles. The average Bonchev–Trinajstić information content (AvgIpc) is 2.32. The summed E-state index contributed by atoms with van der Waals surface area (Å²) in [6.45, 7) is 4.04. The van der Waals surface area contributed by atoms with Gasteiger partial charge in [-0.3, -0.25) is 4.98 Å². The summed E-state index contributed by atoms with van der Waals surface area (Å²) in [5.41, 5.74) is 10.6. The first-order chi connectivity index (χ1) is 8.56. The van der Waals surface area contributed by atoms with E-state index in [1.165, 1.54) is 0 Å². The zero-order chi connectivity index (χ0) is 13.1. The van der Waals surface area contributed by atoms with Crippen LogP contribution in [0.1, 0.15) is 28.3 Å². The molecule has 1 aromatic carbocycles. The van der Waals surface area contributed by atoms with Gasteiger partial charge in [0.2, 0.25) is 0 Å². The lowest BCUT2D eigenvalue weighted by Gasteiger charge is -2.13. The highest BCUT2D eigenvalue weighted by atomic mass is 35.5. The topological polar surface area (TPSA) is 38.9 Å². The molecule has 3 heteroatoms. The zero-order valence-electron chi connectivity index (χ0n) is 10.7. The van der Waals surface area contributed by atoms with Gasteiger partial charge in [-0.1, -0.05) is 29.8 Å². The largest absolute Gasteiger partial charge is 0.324 e. The highest BCUT2D eigenvalue weighted by Crippen LogP contribution is 2.23. The molecule has 1 heterocycles. The molecule has 0 radical (unpaired) electrons. The van der Waals surface area contributed by atoms with Gasteiger partial charge in [0.05, 0.1) is 0 Å². The predicted octanol–water partition coefficient (Wildman–Crippen LogP) is 3.59. The number of hydrogen-bond acceptors (Lipinski definition) is 2. The molecule has 1 unspecified atom stereocenters. The fourth-order valence-electron chi connectivity index (χ4n) is 1.95. The number of aryl methyl sites for hydroxylation is 2. The molecular formula is C15H17ClN2. The third-order valence-electron chi connectivity index (χ3n) is 2.97. The second-order valence-electron chi connectivity index (χ2n) is 4.70. The summed E-state index contributed by atoms with van der Waals surface area (Å²) in [6, 6.07) is 8.07. The van der Waals surface area contributed by atoms with Gasteiger partial charge in [-0.25, -0.2) is 0 Å². The molecule has 1 atom stereocenters. The van der Waals surface area contributed by atoms with Crippen LogP contribution in [-0.2, 0) is 6.42 Å².